The highest BCUT2D eigenvalue weighted by atomic mass is 32.2. The molecule has 2 amide bonds. The third kappa shape index (κ3) is 9.30. The van der Waals surface area contributed by atoms with Crippen molar-refractivity contribution in [1.82, 2.24) is 10.2 Å². The van der Waals surface area contributed by atoms with Gasteiger partial charge in [0.15, 0.2) is 0 Å². The van der Waals surface area contributed by atoms with Gasteiger partial charge in [-0.25, -0.2) is 8.42 Å². The minimum absolute atomic E-state index is 0.134. The molecule has 198 valence electrons. The Kier molecular flexibility index (Phi) is 11.9. The Bertz CT molecular complexity index is 1070. The van der Waals surface area contributed by atoms with Crippen molar-refractivity contribution >= 4 is 27.5 Å². The second-order valence-corrected chi connectivity index (χ2v) is 11.1. The molecule has 0 saturated carbocycles. The lowest BCUT2D eigenvalue weighted by Gasteiger charge is -2.31. The van der Waals surface area contributed by atoms with Crippen LogP contribution in [0.3, 0.4) is 0 Å². The maximum Gasteiger partial charge on any atom is 0.242 e. The van der Waals surface area contributed by atoms with Gasteiger partial charge in [-0.1, -0.05) is 62.7 Å². The van der Waals surface area contributed by atoms with Crippen LogP contribution >= 0.6 is 0 Å². The molecule has 0 fully saturated rings. The van der Waals surface area contributed by atoms with Crippen LogP contribution in [-0.4, -0.2) is 57.1 Å². The summed E-state index contributed by atoms with van der Waals surface area (Å²) in [6.45, 7) is 7.10. The monoisotopic (exact) mass is 515 g/mol. The minimum Gasteiger partial charge on any atom is -0.354 e. The van der Waals surface area contributed by atoms with Crippen molar-refractivity contribution in [1.29, 1.82) is 0 Å². The molecule has 36 heavy (non-hydrogen) atoms. The number of carbonyl (C=O) groups is 2. The molecule has 2 rings (SSSR count). The number of anilines is 1. The predicted octanol–water partition coefficient (Wildman–Crippen LogP) is 4.31. The molecule has 1 atom stereocenters. The number of carbonyl (C=O) groups excluding carboxylic acids is 2. The van der Waals surface area contributed by atoms with Crippen molar-refractivity contribution in [2.24, 2.45) is 0 Å². The van der Waals surface area contributed by atoms with Gasteiger partial charge in [0.05, 0.1) is 11.9 Å². The Morgan fingerprint density at radius 2 is 1.69 bits per heavy atom. The van der Waals surface area contributed by atoms with E-state index < -0.39 is 16.1 Å². The van der Waals surface area contributed by atoms with E-state index in [2.05, 4.69) is 12.2 Å². The SMILES string of the molecule is CCCCNC(=O)C(CC)N(CCc1ccccc1)C(=O)CCCN(c1cccc(C)c1)S(C)(=O)=O. The van der Waals surface area contributed by atoms with Crippen molar-refractivity contribution in [3.63, 3.8) is 0 Å². The number of nitrogens with one attached hydrogen (secondary N) is 1. The number of hydrogen-bond donors (Lipinski definition) is 1. The molecule has 0 aliphatic rings. The molecule has 7 nitrogen and oxygen atoms in total. The molecule has 2 aromatic carbocycles. The van der Waals surface area contributed by atoms with Gasteiger partial charge in [0.1, 0.15) is 6.04 Å². The minimum atomic E-state index is -3.50. The quantitative estimate of drug-likeness (QED) is 0.358. The zero-order valence-corrected chi connectivity index (χ0v) is 22.9. The van der Waals surface area contributed by atoms with E-state index in [0.717, 1.165) is 24.0 Å². The van der Waals surface area contributed by atoms with Gasteiger partial charge in [-0.2, -0.15) is 0 Å². The second kappa shape index (κ2) is 14.6. The lowest BCUT2D eigenvalue weighted by atomic mass is 10.1. The standard InChI is InChI=1S/C28H41N3O4S/c1-5-7-19-29-28(33)26(6-2)30(21-18-24-14-9-8-10-15-24)27(32)17-12-20-31(36(4,34)35)25-16-11-13-23(3)22-25/h8-11,13-16,22,26H,5-7,12,17-21H2,1-4H3,(H,29,33). The van der Waals surface area contributed by atoms with E-state index in [0.29, 0.717) is 38.0 Å². The van der Waals surface area contributed by atoms with Gasteiger partial charge in [0.2, 0.25) is 21.8 Å². The van der Waals surface area contributed by atoms with Crippen LogP contribution in [0.2, 0.25) is 0 Å². The van der Waals surface area contributed by atoms with E-state index in [-0.39, 0.29) is 24.8 Å². The molecule has 0 heterocycles. The van der Waals surface area contributed by atoms with Crippen molar-refractivity contribution < 1.29 is 18.0 Å². The number of amides is 2. The van der Waals surface area contributed by atoms with E-state index in [4.69, 9.17) is 0 Å². The molecule has 0 aliphatic heterocycles. The summed E-state index contributed by atoms with van der Waals surface area (Å²) in [4.78, 5) is 28.0. The smallest absolute Gasteiger partial charge is 0.242 e. The van der Waals surface area contributed by atoms with Crippen LogP contribution in [0.1, 0.15) is 57.1 Å². The zero-order chi connectivity index (χ0) is 26.6. The van der Waals surface area contributed by atoms with Gasteiger partial charge >= 0.3 is 0 Å². The lowest BCUT2D eigenvalue weighted by Crippen LogP contribution is -2.50. The maximum atomic E-state index is 13.4. The summed E-state index contributed by atoms with van der Waals surface area (Å²) in [6.07, 6.45) is 4.71. The van der Waals surface area contributed by atoms with E-state index in [9.17, 15) is 18.0 Å². The first-order valence-electron chi connectivity index (χ1n) is 12.8. The molecule has 8 heteroatoms. The van der Waals surface area contributed by atoms with Crippen LogP contribution in [-0.2, 0) is 26.0 Å². The Balaban J connectivity index is 2.13. The largest absolute Gasteiger partial charge is 0.354 e. The third-order valence-electron chi connectivity index (χ3n) is 6.14. The normalized spacial score (nSPS) is 12.1. The highest BCUT2D eigenvalue weighted by Gasteiger charge is 2.28. The number of sulfonamides is 1. The summed E-state index contributed by atoms with van der Waals surface area (Å²) in [5.74, 6) is -0.272. The van der Waals surface area contributed by atoms with Crippen molar-refractivity contribution in [3.05, 3.63) is 65.7 Å². The Labute approximate surface area is 216 Å². The number of aryl methyl sites for hydroxylation is 1. The lowest BCUT2D eigenvalue weighted by molar-refractivity contribution is -0.140. The summed E-state index contributed by atoms with van der Waals surface area (Å²) < 4.78 is 26.3. The highest BCUT2D eigenvalue weighted by Crippen LogP contribution is 2.20. The first-order valence-corrected chi connectivity index (χ1v) is 14.7. The van der Waals surface area contributed by atoms with Gasteiger partial charge in [-0.3, -0.25) is 13.9 Å². The zero-order valence-electron chi connectivity index (χ0n) is 22.1. The Hall–Kier alpha value is -2.87. The predicted molar refractivity (Wildman–Crippen MR) is 146 cm³/mol. The first kappa shape index (κ1) is 29.4. The number of nitrogens with zero attached hydrogens (tertiary/aromatic N) is 2. The van der Waals surface area contributed by atoms with Gasteiger partial charge in [-0.15, -0.1) is 0 Å². The number of benzene rings is 2. The van der Waals surface area contributed by atoms with Crippen molar-refractivity contribution in [2.75, 3.05) is 30.2 Å². The highest BCUT2D eigenvalue weighted by molar-refractivity contribution is 7.92. The van der Waals surface area contributed by atoms with Crippen molar-refractivity contribution in [2.45, 2.75) is 65.3 Å². The van der Waals surface area contributed by atoms with Gasteiger partial charge < -0.3 is 10.2 Å². The molecule has 1 N–H and O–H groups in total. The number of rotatable bonds is 15. The van der Waals surface area contributed by atoms with Crippen LogP contribution in [0, 0.1) is 6.92 Å². The molecule has 0 saturated heterocycles. The van der Waals surface area contributed by atoms with Crippen LogP contribution < -0.4 is 9.62 Å². The number of hydrogen-bond acceptors (Lipinski definition) is 4. The molecular formula is C28H41N3O4S. The fourth-order valence-corrected chi connectivity index (χ4v) is 5.15. The molecule has 2 aromatic rings. The fraction of sp³-hybridized carbons (Fsp3) is 0.500. The van der Waals surface area contributed by atoms with E-state index >= 15 is 0 Å². The topological polar surface area (TPSA) is 86.8 Å². The molecule has 1 unspecified atom stereocenters. The summed E-state index contributed by atoms with van der Waals surface area (Å²) in [7, 11) is -3.50. The van der Waals surface area contributed by atoms with Crippen LogP contribution in [0.5, 0.6) is 0 Å². The number of unbranched alkanes of at least 4 members (excludes halogenated alkanes) is 1. The van der Waals surface area contributed by atoms with Gasteiger partial charge in [0, 0.05) is 26.1 Å². The van der Waals surface area contributed by atoms with Gasteiger partial charge in [-0.05, 0) is 55.9 Å². The summed E-state index contributed by atoms with van der Waals surface area (Å²) >= 11 is 0. The maximum absolute atomic E-state index is 13.4. The van der Waals surface area contributed by atoms with E-state index in [1.165, 1.54) is 10.6 Å². The Morgan fingerprint density at radius 3 is 2.31 bits per heavy atom. The first-order chi connectivity index (χ1) is 17.2. The van der Waals surface area contributed by atoms with Crippen LogP contribution in [0.4, 0.5) is 5.69 Å². The molecular weight excluding hydrogens is 474 g/mol. The molecule has 0 spiro atoms. The Morgan fingerprint density at radius 1 is 0.972 bits per heavy atom. The second-order valence-electron chi connectivity index (χ2n) is 9.17. The third-order valence-corrected chi connectivity index (χ3v) is 7.34. The summed E-state index contributed by atoms with van der Waals surface area (Å²) in [5, 5.41) is 2.97. The average Bonchev–Trinajstić information content (AvgIpc) is 2.84. The molecule has 0 aromatic heterocycles. The molecule has 0 bridgehead atoms. The fourth-order valence-electron chi connectivity index (χ4n) is 4.19. The molecule has 0 radical (unpaired) electrons. The summed E-state index contributed by atoms with van der Waals surface area (Å²) in [5.41, 5.74) is 2.65. The molecule has 0 aliphatic carbocycles. The van der Waals surface area contributed by atoms with Crippen LogP contribution in [0.25, 0.3) is 0 Å². The van der Waals surface area contributed by atoms with E-state index in [1.54, 1.807) is 11.0 Å². The summed E-state index contributed by atoms with van der Waals surface area (Å²) in [6, 6.07) is 16.6. The van der Waals surface area contributed by atoms with Crippen molar-refractivity contribution in [3.8, 4) is 0 Å². The van der Waals surface area contributed by atoms with Crippen LogP contribution in [0.15, 0.2) is 54.6 Å². The average molecular weight is 516 g/mol. The van der Waals surface area contributed by atoms with Gasteiger partial charge in [0.25, 0.3) is 0 Å². The van der Waals surface area contributed by atoms with E-state index in [1.807, 2.05) is 62.4 Å².